The Morgan fingerprint density at radius 1 is 1.43 bits per heavy atom. The van der Waals surface area contributed by atoms with E-state index in [4.69, 9.17) is 4.74 Å². The molecule has 7 heteroatoms. The smallest absolute Gasteiger partial charge is 0.248 e. The predicted molar refractivity (Wildman–Crippen MR) is 87.6 cm³/mol. The van der Waals surface area contributed by atoms with Crippen LogP contribution in [0.5, 0.6) is 0 Å². The van der Waals surface area contributed by atoms with Crippen molar-refractivity contribution < 1.29 is 18.7 Å². The SMILES string of the molecule is CN1C[C@@H](CNC(=O)CCSCc2ccc(F)cc2)OCC1=O. The molecule has 1 saturated heterocycles. The van der Waals surface area contributed by atoms with Crippen molar-refractivity contribution in [2.24, 2.45) is 0 Å². The third-order valence-electron chi connectivity index (χ3n) is 3.53. The highest BCUT2D eigenvalue weighted by molar-refractivity contribution is 7.98. The van der Waals surface area contributed by atoms with Crippen LogP contribution in [0.25, 0.3) is 0 Å². The van der Waals surface area contributed by atoms with E-state index in [1.807, 2.05) is 0 Å². The lowest BCUT2D eigenvalue weighted by Crippen LogP contribution is -2.48. The second-order valence-electron chi connectivity index (χ2n) is 5.44. The van der Waals surface area contributed by atoms with Crippen molar-refractivity contribution >= 4 is 23.6 Å². The maximum atomic E-state index is 12.8. The Bertz CT molecular complexity index is 539. The zero-order valence-corrected chi connectivity index (χ0v) is 13.9. The number of morpholine rings is 1. The molecule has 1 N–H and O–H groups in total. The summed E-state index contributed by atoms with van der Waals surface area (Å²) in [6, 6.07) is 6.38. The molecule has 2 amide bonds. The highest BCUT2D eigenvalue weighted by Gasteiger charge is 2.23. The Kier molecular flexibility index (Phi) is 6.85. The molecule has 0 aromatic heterocycles. The van der Waals surface area contributed by atoms with Gasteiger partial charge in [0.25, 0.3) is 0 Å². The number of thioether (sulfide) groups is 1. The number of nitrogens with zero attached hydrogens (tertiary/aromatic N) is 1. The number of halogens is 1. The second kappa shape index (κ2) is 8.88. The van der Waals surface area contributed by atoms with E-state index < -0.39 is 0 Å². The Balaban J connectivity index is 1.56. The van der Waals surface area contributed by atoms with Crippen LogP contribution >= 0.6 is 11.8 Å². The topological polar surface area (TPSA) is 58.6 Å². The fourth-order valence-electron chi connectivity index (χ4n) is 2.13. The summed E-state index contributed by atoms with van der Waals surface area (Å²) in [5, 5.41) is 2.83. The van der Waals surface area contributed by atoms with Crippen molar-refractivity contribution in [3.63, 3.8) is 0 Å². The zero-order chi connectivity index (χ0) is 16.7. The molecule has 0 radical (unpaired) electrons. The summed E-state index contributed by atoms with van der Waals surface area (Å²) in [7, 11) is 1.73. The average molecular weight is 340 g/mol. The Morgan fingerprint density at radius 3 is 2.87 bits per heavy atom. The van der Waals surface area contributed by atoms with Gasteiger partial charge in [0.05, 0.1) is 6.10 Å². The summed E-state index contributed by atoms with van der Waals surface area (Å²) >= 11 is 1.64. The highest BCUT2D eigenvalue weighted by Crippen LogP contribution is 2.13. The summed E-state index contributed by atoms with van der Waals surface area (Å²) in [4.78, 5) is 24.7. The Labute approximate surface area is 139 Å². The summed E-state index contributed by atoms with van der Waals surface area (Å²) in [5.41, 5.74) is 1.04. The van der Waals surface area contributed by atoms with Gasteiger partial charge >= 0.3 is 0 Å². The van der Waals surface area contributed by atoms with Crippen LogP contribution in [0.3, 0.4) is 0 Å². The molecular weight excluding hydrogens is 319 g/mol. The molecule has 0 unspecified atom stereocenters. The first-order valence-corrected chi connectivity index (χ1v) is 8.64. The molecule has 5 nitrogen and oxygen atoms in total. The van der Waals surface area contributed by atoms with Gasteiger partial charge in [0.15, 0.2) is 0 Å². The Morgan fingerprint density at radius 2 is 2.17 bits per heavy atom. The van der Waals surface area contributed by atoms with Gasteiger partial charge in [0, 0.05) is 38.1 Å². The van der Waals surface area contributed by atoms with Gasteiger partial charge in [0.2, 0.25) is 11.8 Å². The molecule has 1 atom stereocenters. The average Bonchev–Trinajstić information content (AvgIpc) is 2.54. The molecule has 1 aliphatic heterocycles. The van der Waals surface area contributed by atoms with E-state index in [1.165, 1.54) is 12.1 Å². The van der Waals surface area contributed by atoms with Crippen LogP contribution in [0.4, 0.5) is 4.39 Å². The van der Waals surface area contributed by atoms with E-state index in [-0.39, 0.29) is 30.3 Å². The van der Waals surface area contributed by atoms with Crippen molar-refractivity contribution in [3.8, 4) is 0 Å². The van der Waals surface area contributed by atoms with Gasteiger partial charge in [-0.15, -0.1) is 0 Å². The summed E-state index contributed by atoms with van der Waals surface area (Å²) in [6.07, 6.45) is 0.279. The quantitative estimate of drug-likeness (QED) is 0.763. The number of carbonyl (C=O) groups excluding carboxylic acids is 2. The van der Waals surface area contributed by atoms with E-state index in [9.17, 15) is 14.0 Å². The van der Waals surface area contributed by atoms with Gasteiger partial charge in [0.1, 0.15) is 12.4 Å². The number of hydrogen-bond donors (Lipinski definition) is 1. The zero-order valence-electron chi connectivity index (χ0n) is 13.1. The van der Waals surface area contributed by atoms with Gasteiger partial charge in [-0.05, 0) is 17.7 Å². The molecule has 0 spiro atoms. The molecule has 1 aromatic carbocycles. The van der Waals surface area contributed by atoms with Gasteiger partial charge in [-0.25, -0.2) is 4.39 Å². The number of benzene rings is 1. The number of amides is 2. The maximum Gasteiger partial charge on any atom is 0.248 e. The van der Waals surface area contributed by atoms with Crippen molar-refractivity contribution in [2.75, 3.05) is 32.5 Å². The number of rotatable bonds is 7. The van der Waals surface area contributed by atoms with Crippen molar-refractivity contribution in [2.45, 2.75) is 18.3 Å². The number of nitrogens with one attached hydrogen (secondary N) is 1. The van der Waals surface area contributed by atoms with E-state index in [0.29, 0.717) is 25.3 Å². The lowest BCUT2D eigenvalue weighted by atomic mass is 10.2. The van der Waals surface area contributed by atoms with Crippen LogP contribution in [0.2, 0.25) is 0 Å². The second-order valence-corrected chi connectivity index (χ2v) is 6.55. The number of likely N-dealkylation sites (N-methyl/N-ethyl adjacent to an activating group) is 1. The highest BCUT2D eigenvalue weighted by atomic mass is 32.2. The van der Waals surface area contributed by atoms with Gasteiger partial charge < -0.3 is 15.0 Å². The standard InChI is InChI=1S/C16H21FN2O3S/c1-19-9-14(22-10-16(19)21)8-18-15(20)6-7-23-11-12-2-4-13(17)5-3-12/h2-5,14H,6-11H2,1H3,(H,18,20)/t14-/m1/s1. The van der Waals surface area contributed by atoms with E-state index in [2.05, 4.69) is 5.32 Å². The summed E-state index contributed by atoms with van der Waals surface area (Å²) in [5.74, 6) is 1.15. The first kappa shape index (κ1) is 17.7. The first-order chi connectivity index (χ1) is 11.0. The van der Waals surface area contributed by atoms with Gasteiger partial charge in [-0.1, -0.05) is 12.1 Å². The minimum atomic E-state index is -0.240. The molecule has 0 saturated carbocycles. The lowest BCUT2D eigenvalue weighted by Gasteiger charge is -2.29. The maximum absolute atomic E-state index is 12.8. The monoisotopic (exact) mass is 340 g/mol. The molecule has 1 aliphatic rings. The fraction of sp³-hybridized carbons (Fsp3) is 0.500. The summed E-state index contributed by atoms with van der Waals surface area (Å²) < 4.78 is 18.1. The molecule has 2 rings (SSSR count). The largest absolute Gasteiger partial charge is 0.365 e. The van der Waals surface area contributed by atoms with Crippen LogP contribution in [0, 0.1) is 5.82 Å². The van der Waals surface area contributed by atoms with Crippen LogP contribution < -0.4 is 5.32 Å². The minimum Gasteiger partial charge on any atom is -0.365 e. The third-order valence-corrected chi connectivity index (χ3v) is 4.56. The van der Waals surface area contributed by atoms with E-state index >= 15 is 0 Å². The van der Waals surface area contributed by atoms with Crippen molar-refractivity contribution in [1.82, 2.24) is 10.2 Å². The molecule has 0 aliphatic carbocycles. The third kappa shape index (κ3) is 6.19. The van der Waals surface area contributed by atoms with Crippen LogP contribution in [0.1, 0.15) is 12.0 Å². The molecule has 126 valence electrons. The molecule has 1 fully saturated rings. The van der Waals surface area contributed by atoms with Crippen molar-refractivity contribution in [3.05, 3.63) is 35.6 Å². The molecule has 1 heterocycles. The molecular formula is C16H21FN2O3S. The van der Waals surface area contributed by atoms with Crippen LogP contribution in [-0.4, -0.2) is 55.3 Å². The lowest BCUT2D eigenvalue weighted by molar-refractivity contribution is -0.146. The fourth-order valence-corrected chi connectivity index (χ4v) is 3.04. The number of ether oxygens (including phenoxy) is 1. The number of carbonyl (C=O) groups is 2. The normalized spacial score (nSPS) is 18.1. The van der Waals surface area contributed by atoms with E-state index in [1.54, 1.807) is 35.8 Å². The molecule has 0 bridgehead atoms. The predicted octanol–water partition coefficient (Wildman–Crippen LogP) is 1.42. The van der Waals surface area contributed by atoms with Crippen LogP contribution in [0.15, 0.2) is 24.3 Å². The molecule has 23 heavy (non-hydrogen) atoms. The first-order valence-electron chi connectivity index (χ1n) is 7.49. The minimum absolute atomic E-state index is 0.0280. The Hall–Kier alpha value is -1.60. The van der Waals surface area contributed by atoms with Gasteiger partial charge in [-0.2, -0.15) is 11.8 Å². The molecule has 1 aromatic rings. The summed E-state index contributed by atoms with van der Waals surface area (Å²) in [6.45, 7) is 0.988. The van der Waals surface area contributed by atoms with Gasteiger partial charge in [-0.3, -0.25) is 9.59 Å². The number of hydrogen-bond acceptors (Lipinski definition) is 4. The van der Waals surface area contributed by atoms with Crippen LogP contribution in [-0.2, 0) is 20.1 Å². The van der Waals surface area contributed by atoms with E-state index in [0.717, 1.165) is 11.3 Å². The van der Waals surface area contributed by atoms with Crippen molar-refractivity contribution in [1.29, 1.82) is 0 Å².